The summed E-state index contributed by atoms with van der Waals surface area (Å²) < 4.78 is 0.571. The van der Waals surface area contributed by atoms with Gasteiger partial charge in [-0.25, -0.2) is 0 Å². The van der Waals surface area contributed by atoms with Gasteiger partial charge >= 0.3 is 0 Å². The summed E-state index contributed by atoms with van der Waals surface area (Å²) in [5.41, 5.74) is 6.69. The molecule has 1 rings (SSSR count). The number of halogens is 1. The van der Waals surface area contributed by atoms with E-state index in [2.05, 4.69) is 26.6 Å². The normalized spacial score (nSPS) is 11.8. The van der Waals surface area contributed by atoms with Crippen LogP contribution in [-0.2, 0) is 4.79 Å². The summed E-state index contributed by atoms with van der Waals surface area (Å²) in [4.78, 5) is 23.5. The Bertz CT molecular complexity index is 491. The predicted molar refractivity (Wildman–Crippen MR) is 83.4 cm³/mol. The highest BCUT2D eigenvalue weighted by molar-refractivity contribution is 9.10. The molecule has 0 aliphatic heterocycles. The van der Waals surface area contributed by atoms with Gasteiger partial charge in [0.1, 0.15) is 0 Å². The SMILES string of the molecule is CCC(C)NC(=O)CCNC(=O)c1cccc(N)c1Br. The van der Waals surface area contributed by atoms with Crippen LogP contribution in [0.4, 0.5) is 5.69 Å². The summed E-state index contributed by atoms with van der Waals surface area (Å²) in [6, 6.07) is 5.25. The van der Waals surface area contributed by atoms with Gasteiger partial charge in [0.15, 0.2) is 0 Å². The highest BCUT2D eigenvalue weighted by Gasteiger charge is 2.12. The van der Waals surface area contributed by atoms with Crippen molar-refractivity contribution in [2.75, 3.05) is 12.3 Å². The average molecular weight is 342 g/mol. The molecule has 1 aromatic carbocycles. The summed E-state index contributed by atoms with van der Waals surface area (Å²) in [7, 11) is 0. The van der Waals surface area contributed by atoms with Crippen LogP contribution in [0.3, 0.4) is 0 Å². The second-order valence-electron chi connectivity index (χ2n) is 4.59. The molecule has 1 atom stereocenters. The van der Waals surface area contributed by atoms with Crippen molar-refractivity contribution in [1.82, 2.24) is 10.6 Å². The quantitative estimate of drug-likeness (QED) is 0.692. The van der Waals surface area contributed by atoms with E-state index >= 15 is 0 Å². The lowest BCUT2D eigenvalue weighted by Gasteiger charge is -2.12. The molecule has 5 nitrogen and oxygen atoms in total. The third-order valence-electron chi connectivity index (χ3n) is 2.93. The molecule has 0 heterocycles. The Hall–Kier alpha value is -1.56. The highest BCUT2D eigenvalue weighted by Crippen LogP contribution is 2.23. The minimum Gasteiger partial charge on any atom is -0.398 e. The van der Waals surface area contributed by atoms with Gasteiger partial charge in [0.2, 0.25) is 5.91 Å². The van der Waals surface area contributed by atoms with Crippen molar-refractivity contribution in [1.29, 1.82) is 0 Å². The highest BCUT2D eigenvalue weighted by atomic mass is 79.9. The standard InChI is InChI=1S/C14H20BrN3O2/c1-3-9(2)18-12(19)7-8-17-14(20)10-5-4-6-11(16)13(10)15/h4-6,9H,3,7-8,16H2,1-2H3,(H,17,20)(H,18,19). The maximum absolute atomic E-state index is 11.9. The van der Waals surface area contributed by atoms with E-state index in [4.69, 9.17) is 5.73 Å². The molecule has 0 aromatic heterocycles. The number of hydrogen-bond acceptors (Lipinski definition) is 3. The van der Waals surface area contributed by atoms with E-state index in [1.54, 1.807) is 18.2 Å². The second kappa shape index (κ2) is 7.89. The first-order valence-corrected chi connectivity index (χ1v) is 7.36. The zero-order valence-electron chi connectivity index (χ0n) is 11.7. The molecule has 0 fully saturated rings. The molecule has 0 saturated carbocycles. The lowest BCUT2D eigenvalue weighted by Crippen LogP contribution is -2.35. The Morgan fingerprint density at radius 3 is 2.75 bits per heavy atom. The van der Waals surface area contributed by atoms with Gasteiger partial charge in [-0.2, -0.15) is 0 Å². The number of amides is 2. The lowest BCUT2D eigenvalue weighted by molar-refractivity contribution is -0.121. The zero-order valence-corrected chi connectivity index (χ0v) is 13.3. The molecule has 0 bridgehead atoms. The van der Waals surface area contributed by atoms with Gasteiger partial charge in [-0.3, -0.25) is 9.59 Å². The summed E-state index contributed by atoms with van der Waals surface area (Å²) in [6.07, 6.45) is 1.14. The van der Waals surface area contributed by atoms with E-state index in [0.29, 0.717) is 22.3 Å². The largest absolute Gasteiger partial charge is 0.398 e. The average Bonchev–Trinajstić information content (AvgIpc) is 2.41. The molecule has 0 saturated heterocycles. The first kappa shape index (κ1) is 16.5. The third-order valence-corrected chi connectivity index (χ3v) is 3.82. The van der Waals surface area contributed by atoms with E-state index in [1.807, 2.05) is 13.8 Å². The van der Waals surface area contributed by atoms with E-state index in [-0.39, 0.29) is 24.3 Å². The van der Waals surface area contributed by atoms with Crippen molar-refractivity contribution < 1.29 is 9.59 Å². The van der Waals surface area contributed by atoms with E-state index < -0.39 is 0 Å². The van der Waals surface area contributed by atoms with Crippen LogP contribution >= 0.6 is 15.9 Å². The molecular formula is C14H20BrN3O2. The Morgan fingerprint density at radius 1 is 1.40 bits per heavy atom. The fourth-order valence-corrected chi connectivity index (χ4v) is 2.00. The van der Waals surface area contributed by atoms with Crippen LogP contribution in [0.25, 0.3) is 0 Å². The van der Waals surface area contributed by atoms with Crippen LogP contribution in [0.5, 0.6) is 0 Å². The van der Waals surface area contributed by atoms with Crippen molar-refractivity contribution >= 4 is 33.4 Å². The molecule has 0 radical (unpaired) electrons. The first-order valence-electron chi connectivity index (χ1n) is 6.57. The van der Waals surface area contributed by atoms with E-state index in [9.17, 15) is 9.59 Å². The summed E-state index contributed by atoms with van der Waals surface area (Å²) in [6.45, 7) is 4.24. The fraction of sp³-hybridized carbons (Fsp3) is 0.429. The molecule has 0 aliphatic rings. The summed E-state index contributed by atoms with van der Waals surface area (Å²) in [5, 5.41) is 5.55. The second-order valence-corrected chi connectivity index (χ2v) is 5.38. The number of nitrogens with two attached hydrogens (primary N) is 1. The molecule has 20 heavy (non-hydrogen) atoms. The molecule has 1 aromatic rings. The summed E-state index contributed by atoms with van der Waals surface area (Å²) >= 11 is 3.28. The lowest BCUT2D eigenvalue weighted by atomic mass is 10.2. The molecule has 2 amide bonds. The maximum Gasteiger partial charge on any atom is 0.252 e. The number of carbonyl (C=O) groups is 2. The number of carbonyl (C=O) groups excluding carboxylic acids is 2. The van der Waals surface area contributed by atoms with Gasteiger partial charge in [-0.15, -0.1) is 0 Å². The molecule has 0 aliphatic carbocycles. The van der Waals surface area contributed by atoms with Gasteiger partial charge in [-0.05, 0) is 41.4 Å². The predicted octanol–water partition coefficient (Wildman–Crippen LogP) is 2.07. The Kier molecular flexibility index (Phi) is 6.51. The van der Waals surface area contributed by atoms with Crippen molar-refractivity contribution in [2.24, 2.45) is 0 Å². The van der Waals surface area contributed by atoms with Crippen molar-refractivity contribution in [3.63, 3.8) is 0 Å². The van der Waals surface area contributed by atoms with Crippen LogP contribution in [0.1, 0.15) is 37.0 Å². The van der Waals surface area contributed by atoms with Crippen LogP contribution in [0.2, 0.25) is 0 Å². The zero-order chi connectivity index (χ0) is 15.1. The van der Waals surface area contributed by atoms with Gasteiger partial charge < -0.3 is 16.4 Å². The minimum absolute atomic E-state index is 0.0636. The van der Waals surface area contributed by atoms with Crippen molar-refractivity contribution in [3.8, 4) is 0 Å². The molecule has 1 unspecified atom stereocenters. The van der Waals surface area contributed by atoms with Crippen molar-refractivity contribution in [2.45, 2.75) is 32.7 Å². The van der Waals surface area contributed by atoms with E-state index in [0.717, 1.165) is 6.42 Å². The number of hydrogen-bond donors (Lipinski definition) is 3. The number of anilines is 1. The number of nitrogens with one attached hydrogen (secondary N) is 2. The fourth-order valence-electron chi connectivity index (χ4n) is 1.56. The first-order chi connectivity index (χ1) is 9.45. The smallest absolute Gasteiger partial charge is 0.252 e. The van der Waals surface area contributed by atoms with E-state index in [1.165, 1.54) is 0 Å². The summed E-state index contributed by atoms with van der Waals surface area (Å²) in [5.74, 6) is -0.313. The van der Waals surface area contributed by atoms with Crippen LogP contribution in [0, 0.1) is 0 Å². The monoisotopic (exact) mass is 341 g/mol. The minimum atomic E-state index is -0.250. The van der Waals surface area contributed by atoms with Crippen LogP contribution in [-0.4, -0.2) is 24.4 Å². The molecule has 110 valence electrons. The van der Waals surface area contributed by atoms with Gasteiger partial charge in [0, 0.05) is 24.7 Å². The third kappa shape index (κ3) is 4.85. The number of benzene rings is 1. The maximum atomic E-state index is 11.9. The number of nitrogen functional groups attached to an aromatic ring is 1. The van der Waals surface area contributed by atoms with Gasteiger partial charge in [0.25, 0.3) is 5.91 Å². The van der Waals surface area contributed by atoms with Gasteiger partial charge in [-0.1, -0.05) is 13.0 Å². The number of rotatable bonds is 6. The van der Waals surface area contributed by atoms with Crippen LogP contribution in [0.15, 0.2) is 22.7 Å². The molecule has 6 heteroatoms. The van der Waals surface area contributed by atoms with Crippen LogP contribution < -0.4 is 16.4 Å². The molecular weight excluding hydrogens is 322 g/mol. The van der Waals surface area contributed by atoms with Gasteiger partial charge in [0.05, 0.1) is 10.0 Å². The Morgan fingerprint density at radius 2 is 2.10 bits per heavy atom. The molecule has 4 N–H and O–H groups in total. The Balaban J connectivity index is 2.44. The molecule has 0 spiro atoms. The Labute approximate surface area is 127 Å². The topological polar surface area (TPSA) is 84.2 Å². The van der Waals surface area contributed by atoms with Crippen molar-refractivity contribution in [3.05, 3.63) is 28.2 Å².